The van der Waals surface area contributed by atoms with E-state index in [9.17, 15) is 0 Å². The largest absolute Gasteiger partial charge is 0.371 e. The second-order valence-electron chi connectivity index (χ2n) is 3.45. The number of nitrogens with zero attached hydrogens (tertiary/aromatic N) is 2. The van der Waals surface area contributed by atoms with E-state index in [2.05, 4.69) is 34.8 Å². The Morgan fingerprint density at radius 3 is 3.07 bits per heavy atom. The first-order valence-electron chi connectivity index (χ1n) is 5.25. The van der Waals surface area contributed by atoms with Crippen LogP contribution in [-0.2, 0) is 6.54 Å². The Bertz CT molecular complexity index is 309. The smallest absolute Gasteiger partial charge is 0.0562 e. The van der Waals surface area contributed by atoms with Crippen LogP contribution < -0.4 is 10.2 Å². The first kappa shape index (κ1) is 11.7. The van der Waals surface area contributed by atoms with Gasteiger partial charge in [0.05, 0.1) is 5.69 Å². The lowest BCUT2D eigenvalue weighted by Crippen LogP contribution is -2.18. The zero-order chi connectivity index (χ0) is 11.1. The normalized spacial score (nSPS) is 10.0. The van der Waals surface area contributed by atoms with Crippen molar-refractivity contribution < 1.29 is 0 Å². The molecule has 0 amide bonds. The van der Waals surface area contributed by atoms with Crippen LogP contribution in [0.15, 0.2) is 31.0 Å². The van der Waals surface area contributed by atoms with Crippen LogP contribution in [0.5, 0.6) is 0 Å². The molecule has 1 aromatic heterocycles. The molecule has 0 bridgehead atoms. The van der Waals surface area contributed by atoms with Crippen molar-refractivity contribution in [3.05, 3.63) is 36.7 Å². The van der Waals surface area contributed by atoms with Gasteiger partial charge >= 0.3 is 0 Å². The van der Waals surface area contributed by atoms with Gasteiger partial charge in [-0.1, -0.05) is 13.0 Å². The Balaban J connectivity index is 2.68. The van der Waals surface area contributed by atoms with Crippen molar-refractivity contribution in [3.63, 3.8) is 0 Å². The quantitative estimate of drug-likeness (QED) is 0.718. The third-order valence-electron chi connectivity index (χ3n) is 2.20. The molecule has 1 aromatic rings. The van der Waals surface area contributed by atoms with Gasteiger partial charge in [0.1, 0.15) is 0 Å². The Morgan fingerprint density at radius 1 is 1.60 bits per heavy atom. The monoisotopic (exact) mass is 205 g/mol. The number of hydrogen-bond acceptors (Lipinski definition) is 3. The molecule has 1 heterocycles. The fourth-order valence-electron chi connectivity index (χ4n) is 1.35. The minimum atomic E-state index is 0.826. The molecule has 0 aliphatic heterocycles. The minimum Gasteiger partial charge on any atom is -0.371 e. The van der Waals surface area contributed by atoms with Crippen molar-refractivity contribution in [3.8, 4) is 0 Å². The topological polar surface area (TPSA) is 28.2 Å². The molecule has 0 saturated carbocycles. The fourth-order valence-corrected chi connectivity index (χ4v) is 1.35. The molecule has 0 saturated heterocycles. The number of aromatic nitrogens is 1. The molecule has 3 heteroatoms. The molecule has 0 radical (unpaired) electrons. The van der Waals surface area contributed by atoms with Crippen molar-refractivity contribution in [2.24, 2.45) is 0 Å². The second-order valence-corrected chi connectivity index (χ2v) is 3.45. The van der Waals surface area contributed by atoms with E-state index in [0.29, 0.717) is 0 Å². The summed E-state index contributed by atoms with van der Waals surface area (Å²) in [6.45, 7) is 8.46. The van der Waals surface area contributed by atoms with E-state index in [1.807, 2.05) is 25.4 Å². The molecule has 0 fully saturated rings. The number of pyridine rings is 1. The van der Waals surface area contributed by atoms with Crippen molar-refractivity contribution in [2.75, 3.05) is 25.0 Å². The van der Waals surface area contributed by atoms with Gasteiger partial charge in [0.2, 0.25) is 0 Å². The van der Waals surface area contributed by atoms with E-state index in [4.69, 9.17) is 0 Å². The van der Waals surface area contributed by atoms with Crippen LogP contribution in [0, 0.1) is 0 Å². The lowest BCUT2D eigenvalue weighted by atomic mass is 10.3. The molecule has 3 nitrogen and oxygen atoms in total. The summed E-state index contributed by atoms with van der Waals surface area (Å²) in [6, 6.07) is 4.12. The molecule has 1 rings (SSSR count). The first-order valence-corrected chi connectivity index (χ1v) is 5.25. The molecule has 0 unspecified atom stereocenters. The van der Waals surface area contributed by atoms with Crippen molar-refractivity contribution >= 4 is 5.69 Å². The Labute approximate surface area is 91.8 Å². The number of hydrogen-bond donors (Lipinski definition) is 1. The molecule has 0 atom stereocenters. The summed E-state index contributed by atoms with van der Waals surface area (Å²) >= 11 is 0. The fraction of sp³-hybridized carbons (Fsp3) is 0.417. The molecule has 0 aliphatic rings. The number of rotatable bonds is 6. The van der Waals surface area contributed by atoms with Crippen LogP contribution in [0.1, 0.15) is 12.6 Å². The number of likely N-dealkylation sites (N-methyl/N-ethyl adjacent to an activating group) is 1. The third-order valence-corrected chi connectivity index (χ3v) is 2.20. The number of nitrogens with one attached hydrogen (secondary N) is 1. The highest BCUT2D eigenvalue weighted by molar-refractivity contribution is 5.46. The van der Waals surface area contributed by atoms with Gasteiger partial charge in [-0.25, -0.2) is 0 Å². The summed E-state index contributed by atoms with van der Waals surface area (Å²) < 4.78 is 0. The van der Waals surface area contributed by atoms with Crippen LogP contribution in [0.3, 0.4) is 0 Å². The molecule has 0 aliphatic carbocycles. The summed E-state index contributed by atoms with van der Waals surface area (Å²) in [5.74, 6) is 0. The summed E-state index contributed by atoms with van der Waals surface area (Å²) in [5.41, 5.74) is 2.25. The maximum absolute atomic E-state index is 4.30. The lowest BCUT2D eigenvalue weighted by Gasteiger charge is -2.17. The van der Waals surface area contributed by atoms with Gasteiger partial charge in [0.25, 0.3) is 0 Å². The van der Waals surface area contributed by atoms with Crippen LogP contribution in [0.25, 0.3) is 0 Å². The van der Waals surface area contributed by atoms with Crippen LogP contribution in [0.2, 0.25) is 0 Å². The summed E-state index contributed by atoms with van der Waals surface area (Å²) in [4.78, 5) is 6.45. The Morgan fingerprint density at radius 2 is 2.40 bits per heavy atom. The molecular formula is C12H19N3. The lowest BCUT2D eigenvalue weighted by molar-refractivity contribution is 0.710. The average molecular weight is 205 g/mol. The van der Waals surface area contributed by atoms with Crippen LogP contribution >= 0.6 is 0 Å². The zero-order valence-electron chi connectivity index (χ0n) is 9.53. The Kier molecular flexibility index (Phi) is 4.84. The predicted octanol–water partition coefficient (Wildman–Crippen LogP) is 1.81. The zero-order valence-corrected chi connectivity index (χ0v) is 9.53. The van der Waals surface area contributed by atoms with Gasteiger partial charge in [-0.05, 0) is 18.7 Å². The SMILES string of the molecule is C=CCN(C)c1ccnc(CNCC)c1. The maximum Gasteiger partial charge on any atom is 0.0562 e. The molecule has 1 N–H and O–H groups in total. The van der Waals surface area contributed by atoms with E-state index in [-0.39, 0.29) is 0 Å². The van der Waals surface area contributed by atoms with E-state index in [0.717, 1.165) is 25.3 Å². The van der Waals surface area contributed by atoms with Gasteiger partial charge in [0.15, 0.2) is 0 Å². The standard InChI is InChI=1S/C12H19N3/c1-4-8-15(3)12-6-7-14-11(9-12)10-13-5-2/h4,6-7,9,13H,1,5,8,10H2,2-3H3. The highest BCUT2D eigenvalue weighted by Gasteiger charge is 2.00. The molecule has 82 valence electrons. The molecule has 0 aromatic carbocycles. The van der Waals surface area contributed by atoms with Gasteiger partial charge in [0, 0.05) is 32.0 Å². The van der Waals surface area contributed by atoms with Crippen molar-refractivity contribution in [2.45, 2.75) is 13.5 Å². The summed E-state index contributed by atoms with van der Waals surface area (Å²) in [5, 5.41) is 3.26. The van der Waals surface area contributed by atoms with Gasteiger partial charge in [-0.15, -0.1) is 6.58 Å². The molecule has 0 spiro atoms. The van der Waals surface area contributed by atoms with Gasteiger partial charge < -0.3 is 10.2 Å². The highest BCUT2D eigenvalue weighted by atomic mass is 15.1. The minimum absolute atomic E-state index is 0.826. The van der Waals surface area contributed by atoms with Crippen LogP contribution in [-0.4, -0.2) is 25.1 Å². The van der Waals surface area contributed by atoms with Gasteiger partial charge in [-0.3, -0.25) is 4.98 Å². The van der Waals surface area contributed by atoms with Gasteiger partial charge in [-0.2, -0.15) is 0 Å². The molecule has 15 heavy (non-hydrogen) atoms. The summed E-state index contributed by atoms with van der Waals surface area (Å²) in [7, 11) is 2.05. The number of anilines is 1. The van der Waals surface area contributed by atoms with Crippen molar-refractivity contribution in [1.82, 2.24) is 10.3 Å². The van der Waals surface area contributed by atoms with E-state index in [1.54, 1.807) is 0 Å². The predicted molar refractivity (Wildman–Crippen MR) is 65.1 cm³/mol. The first-order chi connectivity index (χ1) is 7.27. The van der Waals surface area contributed by atoms with E-state index < -0.39 is 0 Å². The Hall–Kier alpha value is -1.35. The third kappa shape index (κ3) is 3.72. The van der Waals surface area contributed by atoms with Crippen molar-refractivity contribution in [1.29, 1.82) is 0 Å². The van der Waals surface area contributed by atoms with Crippen LogP contribution in [0.4, 0.5) is 5.69 Å². The average Bonchev–Trinajstić information content (AvgIpc) is 2.27. The highest BCUT2D eigenvalue weighted by Crippen LogP contribution is 2.12. The van der Waals surface area contributed by atoms with E-state index >= 15 is 0 Å². The van der Waals surface area contributed by atoms with E-state index in [1.165, 1.54) is 5.69 Å². The maximum atomic E-state index is 4.30. The second kappa shape index (κ2) is 6.19. The summed E-state index contributed by atoms with van der Waals surface area (Å²) in [6.07, 6.45) is 3.74. The molecular weight excluding hydrogens is 186 g/mol.